The second kappa shape index (κ2) is 6.37. The number of nitrogens with zero attached hydrogens (tertiary/aromatic N) is 2. The number of para-hydroxylation sites is 1. The summed E-state index contributed by atoms with van der Waals surface area (Å²) in [4.78, 5) is 20.7. The van der Waals surface area contributed by atoms with Gasteiger partial charge in [0.15, 0.2) is 0 Å². The summed E-state index contributed by atoms with van der Waals surface area (Å²) in [6.07, 6.45) is 0.677. The zero-order valence-corrected chi connectivity index (χ0v) is 14.0. The van der Waals surface area contributed by atoms with Crippen molar-refractivity contribution in [1.29, 1.82) is 0 Å². The smallest absolute Gasteiger partial charge is 0.323 e. The van der Waals surface area contributed by atoms with E-state index < -0.39 is 0 Å². The summed E-state index contributed by atoms with van der Waals surface area (Å²) in [5.41, 5.74) is 1.76. The largest absolute Gasteiger partial charge is 0.428 e. The molecule has 0 fully saturated rings. The molecule has 1 aromatic carbocycles. The highest BCUT2D eigenvalue weighted by atomic mass is 32.1. The van der Waals surface area contributed by atoms with E-state index in [0.29, 0.717) is 12.2 Å². The topological polar surface area (TPSA) is 80.0 Å². The molecule has 120 valence electrons. The molecule has 2 N–H and O–H groups in total. The fraction of sp³-hybridized carbons (Fsp3) is 0.312. The molecule has 0 aliphatic carbocycles. The van der Waals surface area contributed by atoms with Gasteiger partial charge in [-0.25, -0.2) is 9.78 Å². The summed E-state index contributed by atoms with van der Waals surface area (Å²) in [6, 6.07) is 7.85. The van der Waals surface area contributed by atoms with Gasteiger partial charge >= 0.3 is 12.0 Å². The van der Waals surface area contributed by atoms with Gasteiger partial charge in [-0.1, -0.05) is 12.1 Å². The molecule has 6 nitrogen and oxygen atoms in total. The van der Waals surface area contributed by atoms with Crippen molar-refractivity contribution in [3.8, 4) is 0 Å². The van der Waals surface area contributed by atoms with Crippen LogP contribution in [0.3, 0.4) is 0 Å². The average molecular weight is 330 g/mol. The van der Waals surface area contributed by atoms with E-state index in [2.05, 4.69) is 26.7 Å². The summed E-state index contributed by atoms with van der Waals surface area (Å²) in [5, 5.41) is 6.47. The van der Waals surface area contributed by atoms with Crippen molar-refractivity contribution in [2.24, 2.45) is 0 Å². The highest BCUT2D eigenvalue weighted by molar-refractivity contribution is 7.18. The number of aryl methyl sites for hydroxylation is 2. The van der Waals surface area contributed by atoms with Crippen molar-refractivity contribution in [3.63, 3.8) is 0 Å². The summed E-state index contributed by atoms with van der Waals surface area (Å²) < 4.78 is 6.49. The molecule has 2 amide bonds. The Kier molecular flexibility index (Phi) is 4.29. The van der Waals surface area contributed by atoms with Crippen LogP contribution in [-0.4, -0.2) is 22.0 Å². The molecule has 0 aliphatic rings. The van der Waals surface area contributed by atoms with Gasteiger partial charge in [0.1, 0.15) is 5.76 Å². The van der Waals surface area contributed by atoms with E-state index in [-0.39, 0.29) is 18.1 Å². The highest BCUT2D eigenvalue weighted by Crippen LogP contribution is 2.22. The molecule has 7 heteroatoms. The minimum atomic E-state index is -0.333. The Hall–Kier alpha value is -2.41. The quantitative estimate of drug-likeness (QED) is 0.765. The second-order valence-electron chi connectivity index (χ2n) is 5.44. The zero-order valence-electron chi connectivity index (χ0n) is 13.2. The van der Waals surface area contributed by atoms with Crippen molar-refractivity contribution in [2.45, 2.75) is 33.2 Å². The number of fused-ring (bicyclic) bond motifs is 1. The molecule has 0 spiro atoms. The van der Waals surface area contributed by atoms with E-state index in [4.69, 9.17) is 4.42 Å². The SMILES string of the molecule is Cc1nc(NC(=O)NC(C)Cc2nc3ccccc3s2)oc1C. The Labute approximate surface area is 137 Å². The van der Waals surface area contributed by atoms with Crippen LogP contribution >= 0.6 is 11.3 Å². The molecule has 3 aromatic rings. The van der Waals surface area contributed by atoms with Crippen molar-refractivity contribution in [2.75, 3.05) is 5.32 Å². The normalized spacial score (nSPS) is 12.3. The van der Waals surface area contributed by atoms with E-state index in [1.165, 1.54) is 0 Å². The number of anilines is 1. The zero-order chi connectivity index (χ0) is 16.4. The Morgan fingerprint density at radius 1 is 1.30 bits per heavy atom. The third-order valence-electron chi connectivity index (χ3n) is 3.45. The number of carbonyl (C=O) groups is 1. The summed E-state index contributed by atoms with van der Waals surface area (Å²) in [5.74, 6) is 0.697. The Bertz CT molecular complexity index is 787. The van der Waals surface area contributed by atoms with Crippen LogP contribution in [0, 0.1) is 13.8 Å². The Morgan fingerprint density at radius 2 is 2.09 bits per heavy atom. The molecular formula is C16H18N4O2S. The van der Waals surface area contributed by atoms with Gasteiger partial charge in [-0.05, 0) is 32.9 Å². The molecule has 0 aliphatic heterocycles. The lowest BCUT2D eigenvalue weighted by atomic mass is 10.2. The number of amides is 2. The van der Waals surface area contributed by atoms with Gasteiger partial charge in [-0.15, -0.1) is 11.3 Å². The summed E-state index contributed by atoms with van der Waals surface area (Å²) in [7, 11) is 0. The maximum Gasteiger partial charge on any atom is 0.323 e. The first-order valence-corrected chi connectivity index (χ1v) is 8.19. The average Bonchev–Trinajstić information content (AvgIpc) is 3.01. The predicted molar refractivity (Wildman–Crippen MR) is 90.9 cm³/mol. The van der Waals surface area contributed by atoms with Crippen LogP contribution in [0.25, 0.3) is 10.2 Å². The van der Waals surface area contributed by atoms with Crippen LogP contribution in [0.2, 0.25) is 0 Å². The van der Waals surface area contributed by atoms with Gasteiger partial charge < -0.3 is 9.73 Å². The molecule has 0 bridgehead atoms. The van der Waals surface area contributed by atoms with Gasteiger partial charge in [0.25, 0.3) is 0 Å². The summed E-state index contributed by atoms with van der Waals surface area (Å²) in [6.45, 7) is 5.58. The van der Waals surface area contributed by atoms with Crippen molar-refractivity contribution >= 4 is 33.6 Å². The minimum Gasteiger partial charge on any atom is -0.428 e. The van der Waals surface area contributed by atoms with Crippen LogP contribution in [0.1, 0.15) is 23.4 Å². The predicted octanol–water partition coefficient (Wildman–Crippen LogP) is 3.65. The lowest BCUT2D eigenvalue weighted by molar-refractivity contribution is 0.248. The molecule has 23 heavy (non-hydrogen) atoms. The molecule has 1 unspecified atom stereocenters. The van der Waals surface area contributed by atoms with E-state index in [1.54, 1.807) is 18.3 Å². The molecule has 3 rings (SSSR count). The van der Waals surface area contributed by atoms with Gasteiger partial charge in [0, 0.05) is 12.5 Å². The maximum absolute atomic E-state index is 12.0. The van der Waals surface area contributed by atoms with Gasteiger partial charge in [-0.2, -0.15) is 4.98 Å². The molecule has 2 aromatic heterocycles. The molecular weight excluding hydrogens is 312 g/mol. The number of urea groups is 1. The van der Waals surface area contributed by atoms with Crippen LogP contribution in [0.4, 0.5) is 10.8 Å². The van der Waals surface area contributed by atoms with Gasteiger partial charge in [-0.3, -0.25) is 5.32 Å². The lowest BCUT2D eigenvalue weighted by Gasteiger charge is -2.11. The Balaban J connectivity index is 1.57. The third-order valence-corrected chi connectivity index (χ3v) is 4.50. The molecule has 1 atom stereocenters. The first-order chi connectivity index (χ1) is 11.0. The monoisotopic (exact) mass is 330 g/mol. The third kappa shape index (κ3) is 3.68. The number of hydrogen-bond donors (Lipinski definition) is 2. The maximum atomic E-state index is 12.0. The van der Waals surface area contributed by atoms with Crippen molar-refractivity contribution < 1.29 is 9.21 Å². The number of benzene rings is 1. The van der Waals surface area contributed by atoms with Crippen LogP contribution in [0.5, 0.6) is 0 Å². The van der Waals surface area contributed by atoms with Crippen LogP contribution in [0.15, 0.2) is 28.7 Å². The van der Waals surface area contributed by atoms with Gasteiger partial charge in [0.05, 0.1) is 20.9 Å². The summed E-state index contributed by atoms with van der Waals surface area (Å²) >= 11 is 1.65. The van der Waals surface area contributed by atoms with Crippen LogP contribution in [-0.2, 0) is 6.42 Å². The number of thiazole rings is 1. The first-order valence-electron chi connectivity index (χ1n) is 7.37. The number of aromatic nitrogens is 2. The van der Waals surface area contributed by atoms with E-state index in [0.717, 1.165) is 20.9 Å². The number of nitrogens with one attached hydrogen (secondary N) is 2. The van der Waals surface area contributed by atoms with E-state index >= 15 is 0 Å². The molecule has 0 radical (unpaired) electrons. The lowest BCUT2D eigenvalue weighted by Crippen LogP contribution is -2.37. The molecule has 0 saturated heterocycles. The number of oxazole rings is 1. The van der Waals surface area contributed by atoms with E-state index in [1.807, 2.05) is 32.0 Å². The second-order valence-corrected chi connectivity index (χ2v) is 6.55. The number of carbonyl (C=O) groups excluding carboxylic acids is 1. The van der Waals surface area contributed by atoms with Gasteiger partial charge in [0.2, 0.25) is 0 Å². The van der Waals surface area contributed by atoms with E-state index in [9.17, 15) is 4.79 Å². The fourth-order valence-corrected chi connectivity index (χ4v) is 3.30. The molecule has 2 heterocycles. The van der Waals surface area contributed by atoms with Crippen LogP contribution < -0.4 is 10.6 Å². The first kappa shape index (κ1) is 15.5. The van der Waals surface area contributed by atoms with Crippen molar-refractivity contribution in [3.05, 3.63) is 40.7 Å². The molecule has 0 saturated carbocycles. The minimum absolute atomic E-state index is 0.0484. The van der Waals surface area contributed by atoms with Crippen molar-refractivity contribution in [1.82, 2.24) is 15.3 Å². The standard InChI is InChI=1S/C16H18N4O2S/c1-9(8-14-19-12-6-4-5-7-13(12)23-14)17-15(21)20-16-18-10(2)11(3)22-16/h4-7,9H,8H2,1-3H3,(H2,17,18,20,21). The Morgan fingerprint density at radius 3 is 2.78 bits per heavy atom. The highest BCUT2D eigenvalue weighted by Gasteiger charge is 2.13. The fourth-order valence-electron chi connectivity index (χ4n) is 2.20. The number of rotatable bonds is 4. The number of hydrogen-bond acceptors (Lipinski definition) is 5.